The zero-order valence-corrected chi connectivity index (χ0v) is 13.0. The molecule has 4 atom stereocenters. The molecule has 2 heterocycles. The van der Waals surface area contributed by atoms with E-state index in [1.165, 1.54) is 0 Å². The van der Waals surface area contributed by atoms with Gasteiger partial charge in [-0.3, -0.25) is 10.1 Å². The quantitative estimate of drug-likeness (QED) is 0.646. The Morgan fingerprint density at radius 3 is 2.91 bits per heavy atom. The van der Waals surface area contributed by atoms with E-state index in [2.05, 4.69) is 5.32 Å². The Balaban J connectivity index is 1.73. The predicted molar refractivity (Wildman–Crippen MR) is 82.1 cm³/mol. The standard InChI is InChI=1S/C16H22N2O4/c1-3-21-16-6-4-11(8-14(16)18(19)20)10(2)17-13-9-12-5-7-15(13)22-12/h4,6,8,10,12-13,15,17H,3,5,7,9H2,1-2H3/t10-,12-,13-,15-/m1/s1. The van der Waals surface area contributed by atoms with Crippen LogP contribution in [-0.2, 0) is 4.74 Å². The third-order valence-corrected chi connectivity index (χ3v) is 4.55. The molecule has 1 aromatic carbocycles. The summed E-state index contributed by atoms with van der Waals surface area (Å²) >= 11 is 0. The molecule has 120 valence electrons. The van der Waals surface area contributed by atoms with Crippen molar-refractivity contribution in [2.45, 2.75) is 57.4 Å². The highest BCUT2D eigenvalue weighted by Gasteiger charge is 2.41. The minimum atomic E-state index is -0.387. The zero-order chi connectivity index (χ0) is 15.7. The van der Waals surface area contributed by atoms with E-state index in [0.29, 0.717) is 30.6 Å². The van der Waals surface area contributed by atoms with Crippen molar-refractivity contribution in [2.24, 2.45) is 0 Å². The van der Waals surface area contributed by atoms with Gasteiger partial charge in [-0.05, 0) is 44.7 Å². The number of hydrogen-bond donors (Lipinski definition) is 1. The fourth-order valence-electron chi connectivity index (χ4n) is 3.45. The van der Waals surface area contributed by atoms with Crippen LogP contribution in [0.1, 0.15) is 44.7 Å². The maximum Gasteiger partial charge on any atom is 0.311 e. The predicted octanol–water partition coefficient (Wildman–Crippen LogP) is 2.96. The lowest BCUT2D eigenvalue weighted by Gasteiger charge is -2.25. The van der Waals surface area contributed by atoms with Gasteiger partial charge in [-0.15, -0.1) is 0 Å². The molecule has 2 saturated heterocycles. The highest BCUT2D eigenvalue weighted by atomic mass is 16.6. The minimum absolute atomic E-state index is 0.0252. The Labute approximate surface area is 129 Å². The fourth-order valence-corrected chi connectivity index (χ4v) is 3.45. The third-order valence-electron chi connectivity index (χ3n) is 4.55. The molecule has 6 nitrogen and oxygen atoms in total. The number of nitro benzene ring substituents is 1. The lowest BCUT2D eigenvalue weighted by molar-refractivity contribution is -0.385. The van der Waals surface area contributed by atoms with Gasteiger partial charge in [0.2, 0.25) is 0 Å². The van der Waals surface area contributed by atoms with Crippen LogP contribution in [0.4, 0.5) is 5.69 Å². The number of nitrogens with one attached hydrogen (secondary N) is 1. The molecule has 2 fully saturated rings. The monoisotopic (exact) mass is 306 g/mol. The van der Waals surface area contributed by atoms with Crippen LogP contribution >= 0.6 is 0 Å². The summed E-state index contributed by atoms with van der Waals surface area (Å²) in [6.07, 6.45) is 3.99. The lowest BCUT2D eigenvalue weighted by atomic mass is 9.94. The number of rotatable bonds is 6. The summed E-state index contributed by atoms with van der Waals surface area (Å²) in [6.45, 7) is 4.26. The van der Waals surface area contributed by atoms with Gasteiger partial charge in [0.25, 0.3) is 0 Å². The first-order valence-corrected chi connectivity index (χ1v) is 7.91. The van der Waals surface area contributed by atoms with Gasteiger partial charge in [0, 0.05) is 18.2 Å². The molecule has 0 saturated carbocycles. The van der Waals surface area contributed by atoms with E-state index < -0.39 is 0 Å². The molecule has 3 rings (SSSR count). The van der Waals surface area contributed by atoms with Crippen LogP contribution < -0.4 is 10.1 Å². The molecule has 1 aromatic rings. The topological polar surface area (TPSA) is 73.6 Å². The van der Waals surface area contributed by atoms with Gasteiger partial charge >= 0.3 is 5.69 Å². The second-order valence-corrected chi connectivity index (χ2v) is 6.02. The van der Waals surface area contributed by atoms with Crippen LogP contribution in [-0.4, -0.2) is 29.8 Å². The van der Waals surface area contributed by atoms with E-state index in [1.54, 1.807) is 12.1 Å². The third kappa shape index (κ3) is 2.94. The Morgan fingerprint density at radius 1 is 1.50 bits per heavy atom. The molecule has 0 radical (unpaired) electrons. The number of nitrogens with zero attached hydrogens (tertiary/aromatic N) is 1. The lowest BCUT2D eigenvalue weighted by Crippen LogP contribution is -2.38. The fraction of sp³-hybridized carbons (Fsp3) is 0.625. The van der Waals surface area contributed by atoms with E-state index in [0.717, 1.165) is 24.8 Å². The van der Waals surface area contributed by atoms with Crippen LogP contribution in [0.5, 0.6) is 5.75 Å². The van der Waals surface area contributed by atoms with Gasteiger partial charge in [0.1, 0.15) is 0 Å². The van der Waals surface area contributed by atoms with Crippen LogP contribution in [0, 0.1) is 10.1 Å². The molecular weight excluding hydrogens is 284 g/mol. The van der Waals surface area contributed by atoms with Gasteiger partial charge in [-0.2, -0.15) is 0 Å². The Kier molecular flexibility index (Phi) is 4.31. The van der Waals surface area contributed by atoms with Gasteiger partial charge in [0.05, 0.1) is 23.7 Å². The van der Waals surface area contributed by atoms with Gasteiger partial charge < -0.3 is 14.8 Å². The van der Waals surface area contributed by atoms with Crippen molar-refractivity contribution in [2.75, 3.05) is 6.61 Å². The summed E-state index contributed by atoms with van der Waals surface area (Å²) in [5, 5.41) is 14.8. The van der Waals surface area contributed by atoms with Crippen molar-refractivity contribution in [3.05, 3.63) is 33.9 Å². The highest BCUT2D eigenvalue weighted by molar-refractivity contribution is 5.49. The smallest absolute Gasteiger partial charge is 0.311 e. The van der Waals surface area contributed by atoms with Crippen LogP contribution in [0.25, 0.3) is 0 Å². The Hall–Kier alpha value is -1.66. The van der Waals surface area contributed by atoms with Crippen LogP contribution in [0.2, 0.25) is 0 Å². The summed E-state index contributed by atoms with van der Waals surface area (Å²) in [5.41, 5.74) is 0.926. The van der Waals surface area contributed by atoms with E-state index in [4.69, 9.17) is 9.47 Å². The second kappa shape index (κ2) is 6.22. The molecular formula is C16H22N2O4. The largest absolute Gasteiger partial charge is 0.487 e. The van der Waals surface area contributed by atoms with Crippen LogP contribution in [0.3, 0.4) is 0 Å². The van der Waals surface area contributed by atoms with E-state index >= 15 is 0 Å². The van der Waals surface area contributed by atoms with Crippen molar-refractivity contribution < 1.29 is 14.4 Å². The number of nitro groups is 1. The summed E-state index contributed by atoms with van der Waals surface area (Å²) in [6, 6.07) is 5.58. The summed E-state index contributed by atoms with van der Waals surface area (Å²) < 4.78 is 11.2. The summed E-state index contributed by atoms with van der Waals surface area (Å²) in [4.78, 5) is 10.8. The van der Waals surface area contributed by atoms with Crippen molar-refractivity contribution in [1.29, 1.82) is 0 Å². The number of hydrogen-bond acceptors (Lipinski definition) is 5. The van der Waals surface area contributed by atoms with Crippen molar-refractivity contribution in [3.8, 4) is 5.75 Å². The average Bonchev–Trinajstić information content (AvgIpc) is 3.10. The molecule has 0 amide bonds. The molecule has 0 unspecified atom stereocenters. The Bertz CT molecular complexity index is 563. The highest BCUT2D eigenvalue weighted by Crippen LogP contribution is 2.36. The molecule has 2 bridgehead atoms. The van der Waals surface area contributed by atoms with Crippen molar-refractivity contribution >= 4 is 5.69 Å². The van der Waals surface area contributed by atoms with Gasteiger partial charge in [-0.1, -0.05) is 6.07 Å². The number of ether oxygens (including phenoxy) is 2. The number of benzene rings is 1. The molecule has 22 heavy (non-hydrogen) atoms. The Morgan fingerprint density at radius 2 is 2.32 bits per heavy atom. The van der Waals surface area contributed by atoms with Gasteiger partial charge in [0.15, 0.2) is 5.75 Å². The maximum atomic E-state index is 11.2. The molecule has 0 spiro atoms. The maximum absolute atomic E-state index is 11.2. The molecule has 2 aliphatic rings. The first-order valence-electron chi connectivity index (χ1n) is 7.91. The van der Waals surface area contributed by atoms with E-state index in [9.17, 15) is 10.1 Å². The molecule has 0 aliphatic carbocycles. The van der Waals surface area contributed by atoms with Gasteiger partial charge in [-0.25, -0.2) is 0 Å². The SMILES string of the molecule is CCOc1ccc([C@@H](C)N[C@@H]2C[C@H]3CC[C@H]2O3)cc1[N+](=O)[O-]. The van der Waals surface area contributed by atoms with E-state index in [1.807, 2.05) is 19.9 Å². The molecule has 6 heteroatoms. The van der Waals surface area contributed by atoms with Crippen LogP contribution in [0.15, 0.2) is 18.2 Å². The molecule has 1 N–H and O–H groups in total. The molecule has 2 aliphatic heterocycles. The zero-order valence-electron chi connectivity index (χ0n) is 13.0. The normalized spacial score (nSPS) is 27.8. The minimum Gasteiger partial charge on any atom is -0.487 e. The van der Waals surface area contributed by atoms with E-state index in [-0.39, 0.29) is 16.7 Å². The first-order chi connectivity index (χ1) is 10.6. The second-order valence-electron chi connectivity index (χ2n) is 6.02. The summed E-state index contributed by atoms with van der Waals surface area (Å²) in [7, 11) is 0. The average molecular weight is 306 g/mol. The molecule has 0 aromatic heterocycles. The summed E-state index contributed by atoms with van der Waals surface area (Å²) in [5.74, 6) is 0.326. The number of fused-ring (bicyclic) bond motifs is 2. The first kappa shape index (κ1) is 15.2. The van der Waals surface area contributed by atoms with Crippen molar-refractivity contribution in [3.63, 3.8) is 0 Å². The van der Waals surface area contributed by atoms with Crippen molar-refractivity contribution in [1.82, 2.24) is 5.32 Å².